The zero-order valence-electron chi connectivity index (χ0n) is 14.7. The number of hydrogen-bond acceptors (Lipinski definition) is 6. The van der Waals surface area contributed by atoms with Gasteiger partial charge in [-0.1, -0.05) is 25.0 Å². The van der Waals surface area contributed by atoms with E-state index < -0.39 is 0 Å². The summed E-state index contributed by atoms with van der Waals surface area (Å²) in [5.41, 5.74) is 3.49. The highest BCUT2D eigenvalue weighted by Crippen LogP contribution is 2.27. The number of imidazole rings is 1. The Bertz CT molecular complexity index is 1030. The van der Waals surface area contributed by atoms with Crippen molar-refractivity contribution in [1.29, 1.82) is 0 Å². The molecule has 0 atom stereocenters. The molecule has 0 saturated heterocycles. The van der Waals surface area contributed by atoms with Gasteiger partial charge < -0.3 is 15.6 Å². The lowest BCUT2D eigenvalue weighted by Crippen LogP contribution is -2.16. The summed E-state index contributed by atoms with van der Waals surface area (Å²) in [6.45, 7) is 0. The van der Waals surface area contributed by atoms with Gasteiger partial charge in [-0.05, 0) is 31.0 Å². The van der Waals surface area contributed by atoms with Gasteiger partial charge in [0.25, 0.3) is 0 Å². The Hall–Kier alpha value is -3.42. The highest BCUT2D eigenvalue weighted by atomic mass is 15.2. The molecule has 1 aliphatic carbocycles. The minimum Gasteiger partial charge on any atom is -0.351 e. The zero-order valence-corrected chi connectivity index (χ0v) is 14.7. The highest BCUT2D eigenvalue weighted by molar-refractivity contribution is 5.82. The van der Waals surface area contributed by atoms with Crippen molar-refractivity contribution in [1.82, 2.24) is 30.1 Å². The summed E-state index contributed by atoms with van der Waals surface area (Å²) in [4.78, 5) is 16.9. The van der Waals surface area contributed by atoms with Gasteiger partial charge in [-0.2, -0.15) is 10.1 Å². The molecule has 4 N–H and O–H groups in total. The minimum absolute atomic E-state index is 0.472. The van der Waals surface area contributed by atoms with E-state index in [9.17, 15) is 0 Å². The predicted octanol–water partition coefficient (Wildman–Crippen LogP) is 3.84. The summed E-state index contributed by atoms with van der Waals surface area (Å²) < 4.78 is 0. The molecule has 0 radical (unpaired) electrons. The fourth-order valence-corrected chi connectivity index (χ4v) is 3.52. The molecule has 0 bridgehead atoms. The maximum Gasteiger partial charge on any atom is 0.224 e. The summed E-state index contributed by atoms with van der Waals surface area (Å²) in [7, 11) is 0. The minimum atomic E-state index is 0.472. The van der Waals surface area contributed by atoms with Crippen LogP contribution in [0.15, 0.2) is 42.7 Å². The van der Waals surface area contributed by atoms with Crippen LogP contribution >= 0.6 is 0 Å². The third-order valence-corrected chi connectivity index (χ3v) is 4.87. The van der Waals surface area contributed by atoms with Gasteiger partial charge in [-0.25, -0.2) is 9.97 Å². The van der Waals surface area contributed by atoms with Crippen LogP contribution in [0, 0.1) is 0 Å². The van der Waals surface area contributed by atoms with E-state index in [2.05, 4.69) is 40.8 Å². The summed E-state index contributed by atoms with van der Waals surface area (Å²) in [5, 5.41) is 13.9. The van der Waals surface area contributed by atoms with Crippen molar-refractivity contribution in [3.63, 3.8) is 0 Å². The van der Waals surface area contributed by atoms with Crippen LogP contribution in [0.3, 0.4) is 0 Å². The Morgan fingerprint density at radius 2 is 1.93 bits per heavy atom. The number of nitrogens with one attached hydrogen (secondary N) is 4. The normalized spacial score (nSPS) is 14.7. The second-order valence-corrected chi connectivity index (χ2v) is 6.78. The van der Waals surface area contributed by atoms with Gasteiger partial charge in [0.05, 0.1) is 22.9 Å². The molecule has 0 aliphatic heterocycles. The van der Waals surface area contributed by atoms with Crippen molar-refractivity contribution in [3.8, 4) is 11.5 Å². The zero-order chi connectivity index (χ0) is 18.1. The molecule has 0 amide bonds. The van der Waals surface area contributed by atoms with Gasteiger partial charge in [-0.15, -0.1) is 0 Å². The maximum atomic E-state index is 4.63. The summed E-state index contributed by atoms with van der Waals surface area (Å²) in [5.74, 6) is 2.10. The van der Waals surface area contributed by atoms with E-state index in [1.165, 1.54) is 25.7 Å². The molecule has 1 saturated carbocycles. The quantitative estimate of drug-likeness (QED) is 0.431. The number of anilines is 3. The average molecular weight is 360 g/mol. The number of hydrogen-bond donors (Lipinski definition) is 4. The Morgan fingerprint density at radius 1 is 1.04 bits per heavy atom. The summed E-state index contributed by atoms with van der Waals surface area (Å²) in [6.07, 6.45) is 8.39. The first kappa shape index (κ1) is 15.8. The topological polar surface area (TPSA) is 107 Å². The van der Waals surface area contributed by atoms with Crippen molar-refractivity contribution in [2.75, 3.05) is 10.6 Å². The average Bonchev–Trinajstić information content (AvgIpc) is 3.42. The van der Waals surface area contributed by atoms with Gasteiger partial charge in [0, 0.05) is 12.2 Å². The van der Waals surface area contributed by atoms with Crippen LogP contribution in [0.1, 0.15) is 25.7 Å². The fraction of sp³-hybridized carbons (Fsp3) is 0.263. The number of H-pyrrole nitrogens is 2. The number of benzene rings is 1. The third kappa shape index (κ3) is 3.21. The molecule has 1 aromatic carbocycles. The van der Waals surface area contributed by atoms with Gasteiger partial charge in [0.1, 0.15) is 11.5 Å². The second kappa shape index (κ2) is 6.71. The third-order valence-electron chi connectivity index (χ3n) is 4.87. The van der Waals surface area contributed by atoms with Gasteiger partial charge in [-0.3, -0.25) is 5.10 Å². The van der Waals surface area contributed by atoms with Crippen LogP contribution in [0.2, 0.25) is 0 Å². The largest absolute Gasteiger partial charge is 0.351 e. The smallest absolute Gasteiger partial charge is 0.224 e. The number of rotatable bonds is 5. The van der Waals surface area contributed by atoms with E-state index >= 15 is 0 Å². The number of aromatic nitrogens is 6. The van der Waals surface area contributed by atoms with Crippen LogP contribution in [0.5, 0.6) is 0 Å². The van der Waals surface area contributed by atoms with Crippen LogP contribution in [0.4, 0.5) is 17.5 Å². The lowest BCUT2D eigenvalue weighted by molar-refractivity contribution is 0.744. The van der Waals surface area contributed by atoms with Gasteiger partial charge in [0.2, 0.25) is 5.95 Å². The molecule has 0 unspecified atom stereocenters. The first-order valence-corrected chi connectivity index (χ1v) is 9.20. The van der Waals surface area contributed by atoms with E-state index in [0.717, 1.165) is 28.2 Å². The van der Waals surface area contributed by atoms with E-state index in [1.807, 2.05) is 30.3 Å². The Kier molecular flexibility index (Phi) is 3.93. The standard InChI is InChI=1S/C19H20N8/c1-2-6-12(5-1)22-19-20-10-9-16(26-19)23-15-11-21-27-17(15)18-24-13-7-3-4-8-14(13)25-18/h3-4,7-12H,1-2,5-6H2,(H,21,27)(H,24,25)(H2,20,22,23,26). The number of aromatic amines is 2. The molecule has 3 heterocycles. The number of para-hydroxylation sites is 2. The molecule has 1 fully saturated rings. The predicted molar refractivity (Wildman–Crippen MR) is 105 cm³/mol. The SMILES string of the molecule is c1ccc2[nH]c(-c3[nH]ncc3Nc3ccnc(NC4CCCC4)n3)nc2c1. The van der Waals surface area contributed by atoms with E-state index in [1.54, 1.807) is 12.4 Å². The van der Waals surface area contributed by atoms with E-state index in [0.29, 0.717) is 17.8 Å². The highest BCUT2D eigenvalue weighted by Gasteiger charge is 2.16. The lowest BCUT2D eigenvalue weighted by Gasteiger charge is -2.12. The van der Waals surface area contributed by atoms with Crippen molar-refractivity contribution >= 4 is 28.5 Å². The molecule has 4 aromatic rings. The van der Waals surface area contributed by atoms with Crippen molar-refractivity contribution in [2.45, 2.75) is 31.7 Å². The lowest BCUT2D eigenvalue weighted by atomic mass is 10.2. The van der Waals surface area contributed by atoms with Crippen LogP contribution in [-0.4, -0.2) is 36.2 Å². The molecule has 8 nitrogen and oxygen atoms in total. The molecule has 1 aliphatic rings. The molecule has 8 heteroatoms. The second-order valence-electron chi connectivity index (χ2n) is 6.78. The molecule has 136 valence electrons. The fourth-order valence-electron chi connectivity index (χ4n) is 3.52. The first-order chi connectivity index (χ1) is 13.3. The monoisotopic (exact) mass is 360 g/mol. The van der Waals surface area contributed by atoms with Crippen molar-refractivity contribution < 1.29 is 0 Å². The Labute approximate surface area is 155 Å². The number of fused-ring (bicyclic) bond motifs is 1. The van der Waals surface area contributed by atoms with Crippen molar-refractivity contribution in [2.24, 2.45) is 0 Å². The molecule has 5 rings (SSSR count). The maximum absolute atomic E-state index is 4.63. The van der Waals surface area contributed by atoms with E-state index in [4.69, 9.17) is 0 Å². The molecular weight excluding hydrogens is 340 g/mol. The summed E-state index contributed by atoms with van der Waals surface area (Å²) in [6, 6.07) is 10.2. The molecule has 27 heavy (non-hydrogen) atoms. The van der Waals surface area contributed by atoms with E-state index in [-0.39, 0.29) is 0 Å². The van der Waals surface area contributed by atoms with Crippen molar-refractivity contribution in [3.05, 3.63) is 42.7 Å². The van der Waals surface area contributed by atoms with Gasteiger partial charge in [0.15, 0.2) is 5.82 Å². The summed E-state index contributed by atoms with van der Waals surface area (Å²) >= 11 is 0. The Balaban J connectivity index is 1.39. The number of nitrogens with zero attached hydrogens (tertiary/aromatic N) is 4. The first-order valence-electron chi connectivity index (χ1n) is 9.20. The molecule has 3 aromatic heterocycles. The Morgan fingerprint density at radius 3 is 2.81 bits per heavy atom. The van der Waals surface area contributed by atoms with Crippen LogP contribution in [0.25, 0.3) is 22.6 Å². The van der Waals surface area contributed by atoms with Crippen LogP contribution < -0.4 is 10.6 Å². The van der Waals surface area contributed by atoms with Gasteiger partial charge >= 0.3 is 0 Å². The molecular formula is C19H20N8. The molecule has 0 spiro atoms. The van der Waals surface area contributed by atoms with Crippen LogP contribution in [-0.2, 0) is 0 Å².